The zero-order chi connectivity index (χ0) is 12.7. The zero-order valence-electron chi connectivity index (χ0n) is 10.3. The molecular formula is C16H13NO2. The average molecular weight is 251 g/mol. The largest absolute Gasteiger partial charge is 0.488 e. The van der Waals surface area contributed by atoms with Gasteiger partial charge in [0, 0.05) is 17.3 Å². The van der Waals surface area contributed by atoms with Crippen molar-refractivity contribution in [3.8, 4) is 5.75 Å². The molecule has 1 fully saturated rings. The van der Waals surface area contributed by atoms with Crippen molar-refractivity contribution >= 4 is 6.08 Å². The monoisotopic (exact) mass is 251 g/mol. The molecule has 0 N–H and O–H groups in total. The lowest BCUT2D eigenvalue weighted by atomic mass is 10.0. The lowest BCUT2D eigenvalue weighted by Crippen LogP contribution is -2.02. The minimum Gasteiger partial charge on any atom is -0.488 e. The van der Waals surface area contributed by atoms with Crippen molar-refractivity contribution < 1.29 is 9.57 Å². The number of hydroxylamine groups is 2. The Morgan fingerprint density at radius 1 is 1.05 bits per heavy atom. The SMILES string of the molecule is C1=CN2OC2c2cccc(OCc3ccccc3)c21. The Hall–Kier alpha value is -2.26. The third kappa shape index (κ3) is 1.88. The van der Waals surface area contributed by atoms with Gasteiger partial charge in [-0.05, 0) is 17.7 Å². The van der Waals surface area contributed by atoms with Gasteiger partial charge in [0.15, 0.2) is 0 Å². The van der Waals surface area contributed by atoms with Gasteiger partial charge < -0.3 is 4.74 Å². The van der Waals surface area contributed by atoms with E-state index >= 15 is 0 Å². The number of benzene rings is 2. The molecule has 3 heteroatoms. The Morgan fingerprint density at radius 2 is 1.95 bits per heavy atom. The van der Waals surface area contributed by atoms with Gasteiger partial charge in [-0.3, -0.25) is 0 Å². The second-order valence-corrected chi connectivity index (χ2v) is 4.67. The summed E-state index contributed by atoms with van der Waals surface area (Å²) in [5.41, 5.74) is 3.47. The maximum absolute atomic E-state index is 5.93. The van der Waals surface area contributed by atoms with Crippen molar-refractivity contribution in [2.45, 2.75) is 12.8 Å². The third-order valence-corrected chi connectivity index (χ3v) is 3.40. The molecule has 4 rings (SSSR count). The highest BCUT2D eigenvalue weighted by Crippen LogP contribution is 2.45. The highest BCUT2D eigenvalue weighted by molar-refractivity contribution is 5.64. The minimum absolute atomic E-state index is 0.0836. The number of hydrogen-bond donors (Lipinski definition) is 0. The molecule has 2 aromatic carbocycles. The van der Waals surface area contributed by atoms with Crippen molar-refractivity contribution in [1.82, 2.24) is 5.06 Å². The van der Waals surface area contributed by atoms with E-state index in [-0.39, 0.29) is 6.23 Å². The Morgan fingerprint density at radius 3 is 2.84 bits per heavy atom. The fourth-order valence-corrected chi connectivity index (χ4v) is 2.36. The van der Waals surface area contributed by atoms with E-state index in [1.165, 1.54) is 11.1 Å². The second-order valence-electron chi connectivity index (χ2n) is 4.67. The van der Waals surface area contributed by atoms with Gasteiger partial charge in [-0.25, -0.2) is 9.90 Å². The van der Waals surface area contributed by atoms with Crippen molar-refractivity contribution in [3.63, 3.8) is 0 Å². The van der Waals surface area contributed by atoms with E-state index in [0.717, 1.165) is 11.3 Å². The zero-order valence-corrected chi connectivity index (χ0v) is 10.3. The van der Waals surface area contributed by atoms with Gasteiger partial charge >= 0.3 is 0 Å². The molecule has 19 heavy (non-hydrogen) atoms. The summed E-state index contributed by atoms with van der Waals surface area (Å²) < 4.78 is 5.93. The molecule has 2 aromatic rings. The lowest BCUT2D eigenvalue weighted by Gasteiger charge is -2.13. The fourth-order valence-electron chi connectivity index (χ4n) is 2.36. The first-order valence-electron chi connectivity index (χ1n) is 6.35. The Bertz CT molecular complexity index is 636. The van der Waals surface area contributed by atoms with Gasteiger partial charge in [0.1, 0.15) is 12.4 Å². The van der Waals surface area contributed by atoms with Crippen LogP contribution in [0.25, 0.3) is 6.08 Å². The lowest BCUT2D eigenvalue weighted by molar-refractivity contribution is 0.257. The summed E-state index contributed by atoms with van der Waals surface area (Å²) in [6, 6.07) is 16.3. The molecule has 3 nitrogen and oxygen atoms in total. The molecule has 2 aliphatic rings. The smallest absolute Gasteiger partial charge is 0.206 e. The van der Waals surface area contributed by atoms with Crippen LogP contribution in [0.3, 0.4) is 0 Å². The number of fused-ring (bicyclic) bond motifs is 3. The molecule has 1 unspecified atom stereocenters. The molecule has 94 valence electrons. The van der Waals surface area contributed by atoms with Crippen molar-refractivity contribution in [2.24, 2.45) is 0 Å². The standard InChI is InChI=1S/C16H13NO2/c1-2-5-12(6-3-1)11-18-15-8-4-7-14-13(15)9-10-17-16(14)19-17/h1-10,16H,11H2. The summed E-state index contributed by atoms with van der Waals surface area (Å²) in [5.74, 6) is 0.910. The molecule has 0 aromatic heterocycles. The van der Waals surface area contributed by atoms with Crippen LogP contribution >= 0.6 is 0 Å². The molecule has 2 aliphatic heterocycles. The van der Waals surface area contributed by atoms with Crippen molar-refractivity contribution in [1.29, 1.82) is 0 Å². The van der Waals surface area contributed by atoms with E-state index in [2.05, 4.69) is 18.2 Å². The molecule has 0 bridgehead atoms. The van der Waals surface area contributed by atoms with Gasteiger partial charge in [0.2, 0.25) is 6.23 Å². The van der Waals surface area contributed by atoms with Gasteiger partial charge in [0.05, 0.1) is 0 Å². The molecule has 0 saturated carbocycles. The van der Waals surface area contributed by atoms with E-state index in [4.69, 9.17) is 9.57 Å². The molecule has 2 heterocycles. The molecule has 0 aliphatic carbocycles. The Kier molecular flexibility index (Phi) is 2.32. The van der Waals surface area contributed by atoms with Crippen LogP contribution in [0.4, 0.5) is 0 Å². The number of ether oxygens (including phenoxy) is 1. The summed E-state index contributed by atoms with van der Waals surface area (Å²) in [6.07, 6.45) is 4.07. The van der Waals surface area contributed by atoms with Gasteiger partial charge in [-0.15, -0.1) is 0 Å². The van der Waals surface area contributed by atoms with E-state index in [9.17, 15) is 0 Å². The van der Waals surface area contributed by atoms with E-state index in [1.54, 1.807) is 0 Å². The summed E-state index contributed by atoms with van der Waals surface area (Å²) in [5, 5.41) is 1.84. The average Bonchev–Trinajstić information content (AvgIpc) is 3.26. The first kappa shape index (κ1) is 10.6. The van der Waals surface area contributed by atoms with Crippen LogP contribution < -0.4 is 4.74 Å². The highest BCUT2D eigenvalue weighted by Gasteiger charge is 2.39. The van der Waals surface area contributed by atoms with Crippen LogP contribution in [0.1, 0.15) is 22.9 Å². The van der Waals surface area contributed by atoms with Crippen LogP contribution in [0.5, 0.6) is 5.75 Å². The predicted molar refractivity (Wildman–Crippen MR) is 71.9 cm³/mol. The van der Waals surface area contributed by atoms with Crippen LogP contribution in [0.2, 0.25) is 0 Å². The Labute approximate surface area is 111 Å². The number of rotatable bonds is 3. The first-order chi connectivity index (χ1) is 9.42. The first-order valence-corrected chi connectivity index (χ1v) is 6.35. The maximum Gasteiger partial charge on any atom is 0.206 e. The summed E-state index contributed by atoms with van der Waals surface area (Å²) in [7, 11) is 0. The molecule has 0 spiro atoms. The van der Waals surface area contributed by atoms with Gasteiger partial charge in [-0.1, -0.05) is 42.5 Å². The summed E-state index contributed by atoms with van der Waals surface area (Å²) >= 11 is 0. The number of nitrogens with zero attached hydrogens (tertiary/aromatic N) is 1. The highest BCUT2D eigenvalue weighted by atomic mass is 16.8. The van der Waals surface area contributed by atoms with Gasteiger partial charge in [0.25, 0.3) is 0 Å². The molecule has 0 radical (unpaired) electrons. The van der Waals surface area contributed by atoms with E-state index < -0.39 is 0 Å². The molecule has 1 saturated heterocycles. The molecular weight excluding hydrogens is 238 g/mol. The maximum atomic E-state index is 5.93. The fraction of sp³-hybridized carbons (Fsp3) is 0.125. The van der Waals surface area contributed by atoms with E-state index in [1.807, 2.05) is 47.7 Å². The topological polar surface area (TPSA) is 24.8 Å². The van der Waals surface area contributed by atoms with Crippen LogP contribution in [0.15, 0.2) is 54.7 Å². The molecule has 1 atom stereocenters. The normalized spacial score (nSPS) is 18.7. The Balaban J connectivity index is 1.59. The van der Waals surface area contributed by atoms with Crippen molar-refractivity contribution in [3.05, 3.63) is 71.4 Å². The summed E-state index contributed by atoms with van der Waals surface area (Å²) in [4.78, 5) is 5.41. The second kappa shape index (κ2) is 4.14. The van der Waals surface area contributed by atoms with Gasteiger partial charge in [-0.2, -0.15) is 0 Å². The summed E-state index contributed by atoms with van der Waals surface area (Å²) in [6.45, 7) is 0.584. The number of hydrogen-bond acceptors (Lipinski definition) is 3. The van der Waals surface area contributed by atoms with E-state index in [0.29, 0.717) is 6.61 Å². The van der Waals surface area contributed by atoms with Crippen molar-refractivity contribution in [2.75, 3.05) is 0 Å². The van der Waals surface area contributed by atoms with Crippen LogP contribution in [-0.2, 0) is 11.4 Å². The van der Waals surface area contributed by atoms with Crippen LogP contribution in [-0.4, -0.2) is 5.06 Å². The quantitative estimate of drug-likeness (QED) is 0.780. The molecule has 0 amide bonds. The van der Waals surface area contributed by atoms with Crippen LogP contribution in [0, 0.1) is 0 Å². The third-order valence-electron chi connectivity index (χ3n) is 3.40. The minimum atomic E-state index is 0.0836. The predicted octanol–water partition coefficient (Wildman–Crippen LogP) is 3.50.